The Bertz CT molecular complexity index is 903. The number of benzene rings is 2. The highest BCUT2D eigenvalue weighted by Crippen LogP contribution is 2.32. The van der Waals surface area contributed by atoms with Crippen molar-refractivity contribution >= 4 is 15.8 Å². The number of carbonyl (C=O) groups is 1. The minimum Gasteiger partial charge on any atom is -0.493 e. The van der Waals surface area contributed by atoms with Gasteiger partial charge in [0.1, 0.15) is 0 Å². The number of carbonyl (C=O) groups excluding carboxylic acids is 1. The summed E-state index contributed by atoms with van der Waals surface area (Å²) >= 11 is 0. The second-order valence-corrected chi connectivity index (χ2v) is 8.36. The Morgan fingerprint density at radius 2 is 1.59 bits per heavy atom. The van der Waals surface area contributed by atoms with Gasteiger partial charge in [-0.25, -0.2) is 8.42 Å². The third kappa shape index (κ3) is 3.99. The molecule has 0 aromatic heterocycles. The first kappa shape index (κ1) is 19.4. The molecule has 1 aliphatic heterocycles. The van der Waals surface area contributed by atoms with Gasteiger partial charge in [-0.3, -0.25) is 4.79 Å². The van der Waals surface area contributed by atoms with Crippen LogP contribution in [0.15, 0.2) is 53.4 Å². The molecule has 0 spiro atoms. The number of sulfonamides is 1. The highest BCUT2D eigenvalue weighted by molar-refractivity contribution is 7.89. The number of hydrogen-bond acceptors (Lipinski definition) is 5. The van der Waals surface area contributed by atoms with E-state index in [2.05, 4.69) is 0 Å². The van der Waals surface area contributed by atoms with Crippen LogP contribution in [0.3, 0.4) is 0 Å². The molecular weight excluding hydrogens is 366 g/mol. The standard InChI is InChI=1S/C20H23NO5S/c1-25-18-9-8-17(14-19(18)26-2)27(23,24)21-12-10-16(11-13-21)20(22)15-6-4-3-5-7-15/h3-9,14,16H,10-13H2,1-2H3. The van der Waals surface area contributed by atoms with Gasteiger partial charge in [0.2, 0.25) is 10.0 Å². The van der Waals surface area contributed by atoms with Crippen molar-refractivity contribution < 1.29 is 22.7 Å². The Kier molecular flexibility index (Phi) is 5.82. The zero-order chi connectivity index (χ0) is 19.4. The van der Waals surface area contributed by atoms with E-state index >= 15 is 0 Å². The van der Waals surface area contributed by atoms with E-state index in [4.69, 9.17) is 9.47 Å². The minimum atomic E-state index is -3.65. The van der Waals surface area contributed by atoms with Crippen molar-refractivity contribution in [3.8, 4) is 11.5 Å². The molecule has 1 heterocycles. The number of methoxy groups -OCH3 is 2. The van der Waals surface area contributed by atoms with Gasteiger partial charge in [0.05, 0.1) is 19.1 Å². The lowest BCUT2D eigenvalue weighted by atomic mass is 9.90. The monoisotopic (exact) mass is 389 g/mol. The molecule has 144 valence electrons. The summed E-state index contributed by atoms with van der Waals surface area (Å²) in [6, 6.07) is 13.7. The molecule has 7 heteroatoms. The van der Waals surface area contributed by atoms with Crippen molar-refractivity contribution in [3.63, 3.8) is 0 Å². The number of hydrogen-bond donors (Lipinski definition) is 0. The topological polar surface area (TPSA) is 72.9 Å². The molecule has 0 amide bonds. The Labute approximate surface area is 159 Å². The lowest BCUT2D eigenvalue weighted by molar-refractivity contribution is 0.0875. The van der Waals surface area contributed by atoms with Crippen LogP contribution in [0.25, 0.3) is 0 Å². The molecular formula is C20H23NO5S. The van der Waals surface area contributed by atoms with Crippen LogP contribution in [0.4, 0.5) is 0 Å². The second-order valence-electron chi connectivity index (χ2n) is 6.43. The summed E-state index contributed by atoms with van der Waals surface area (Å²) in [5.41, 5.74) is 0.679. The van der Waals surface area contributed by atoms with Gasteiger partial charge in [0.25, 0.3) is 0 Å². The number of rotatable bonds is 6. The maximum atomic E-state index is 12.9. The molecule has 3 rings (SSSR count). The number of ether oxygens (including phenoxy) is 2. The fraction of sp³-hybridized carbons (Fsp3) is 0.350. The zero-order valence-corrected chi connectivity index (χ0v) is 16.2. The van der Waals surface area contributed by atoms with Crippen LogP contribution >= 0.6 is 0 Å². The highest BCUT2D eigenvalue weighted by Gasteiger charge is 2.32. The normalized spacial score (nSPS) is 16.1. The summed E-state index contributed by atoms with van der Waals surface area (Å²) in [5.74, 6) is 0.777. The van der Waals surface area contributed by atoms with E-state index in [-0.39, 0.29) is 16.6 Å². The first-order valence-corrected chi connectivity index (χ1v) is 10.2. The number of piperidine rings is 1. The Morgan fingerprint density at radius 3 is 2.19 bits per heavy atom. The van der Waals surface area contributed by atoms with Crippen LogP contribution in [0.2, 0.25) is 0 Å². The van der Waals surface area contributed by atoms with Crippen molar-refractivity contribution in [2.45, 2.75) is 17.7 Å². The van der Waals surface area contributed by atoms with Crippen molar-refractivity contribution in [3.05, 3.63) is 54.1 Å². The average molecular weight is 389 g/mol. The molecule has 1 aliphatic rings. The predicted octanol–water partition coefficient (Wildman–Crippen LogP) is 2.99. The Hall–Kier alpha value is -2.38. The van der Waals surface area contributed by atoms with E-state index in [0.717, 1.165) is 0 Å². The van der Waals surface area contributed by atoms with Gasteiger partial charge in [0, 0.05) is 30.6 Å². The van der Waals surface area contributed by atoms with E-state index in [1.807, 2.05) is 18.2 Å². The smallest absolute Gasteiger partial charge is 0.243 e. The van der Waals surface area contributed by atoms with Crippen LogP contribution in [-0.4, -0.2) is 45.8 Å². The third-order valence-corrected chi connectivity index (χ3v) is 6.77. The molecule has 2 aromatic rings. The number of ketones is 1. The fourth-order valence-electron chi connectivity index (χ4n) is 3.32. The molecule has 0 saturated carbocycles. The minimum absolute atomic E-state index is 0.0822. The molecule has 0 radical (unpaired) electrons. The molecule has 1 fully saturated rings. The van der Waals surface area contributed by atoms with Gasteiger partial charge < -0.3 is 9.47 Å². The molecule has 2 aromatic carbocycles. The maximum absolute atomic E-state index is 12.9. The van der Waals surface area contributed by atoms with E-state index in [9.17, 15) is 13.2 Å². The first-order chi connectivity index (χ1) is 13.0. The van der Waals surface area contributed by atoms with Crippen LogP contribution in [0.5, 0.6) is 11.5 Å². The number of Topliss-reactive ketones (excluding diaryl/α,β-unsaturated/α-hetero) is 1. The summed E-state index contributed by atoms with van der Waals surface area (Å²) in [7, 11) is -0.679. The van der Waals surface area contributed by atoms with Crippen molar-refractivity contribution in [1.29, 1.82) is 0 Å². The summed E-state index contributed by atoms with van der Waals surface area (Å²) in [5, 5.41) is 0. The van der Waals surface area contributed by atoms with Crippen LogP contribution < -0.4 is 9.47 Å². The molecule has 0 bridgehead atoms. The van der Waals surface area contributed by atoms with Crippen molar-refractivity contribution in [2.75, 3.05) is 27.3 Å². The summed E-state index contributed by atoms with van der Waals surface area (Å²) < 4.78 is 37.7. The van der Waals surface area contributed by atoms with E-state index < -0.39 is 10.0 Å². The molecule has 0 N–H and O–H groups in total. The SMILES string of the molecule is COc1ccc(S(=O)(=O)N2CCC(C(=O)c3ccccc3)CC2)cc1OC. The predicted molar refractivity (Wildman–Crippen MR) is 102 cm³/mol. The van der Waals surface area contributed by atoms with Crippen LogP contribution in [0, 0.1) is 5.92 Å². The van der Waals surface area contributed by atoms with Gasteiger partial charge >= 0.3 is 0 Å². The fourth-order valence-corrected chi connectivity index (χ4v) is 4.81. The molecule has 0 aliphatic carbocycles. The maximum Gasteiger partial charge on any atom is 0.243 e. The van der Waals surface area contributed by atoms with Gasteiger partial charge in [-0.05, 0) is 25.0 Å². The van der Waals surface area contributed by atoms with E-state index in [1.165, 1.54) is 30.7 Å². The first-order valence-electron chi connectivity index (χ1n) is 8.79. The van der Waals surface area contributed by atoms with Gasteiger partial charge in [-0.1, -0.05) is 30.3 Å². The third-order valence-electron chi connectivity index (χ3n) is 4.88. The number of nitrogens with zero attached hydrogens (tertiary/aromatic N) is 1. The van der Waals surface area contributed by atoms with Gasteiger partial charge in [-0.15, -0.1) is 0 Å². The average Bonchev–Trinajstić information content (AvgIpc) is 2.73. The summed E-state index contributed by atoms with van der Waals surface area (Å²) in [4.78, 5) is 12.7. The lowest BCUT2D eigenvalue weighted by Crippen LogP contribution is -2.40. The van der Waals surface area contributed by atoms with Crippen molar-refractivity contribution in [2.24, 2.45) is 5.92 Å². The van der Waals surface area contributed by atoms with Gasteiger partial charge in [0.15, 0.2) is 17.3 Å². The van der Waals surface area contributed by atoms with Crippen LogP contribution in [0.1, 0.15) is 23.2 Å². The lowest BCUT2D eigenvalue weighted by Gasteiger charge is -2.30. The largest absolute Gasteiger partial charge is 0.493 e. The van der Waals surface area contributed by atoms with Gasteiger partial charge in [-0.2, -0.15) is 4.31 Å². The Morgan fingerprint density at radius 1 is 0.963 bits per heavy atom. The van der Waals surface area contributed by atoms with E-state index in [1.54, 1.807) is 18.2 Å². The van der Waals surface area contributed by atoms with Crippen molar-refractivity contribution in [1.82, 2.24) is 4.31 Å². The second kappa shape index (κ2) is 8.10. The zero-order valence-electron chi connectivity index (χ0n) is 15.4. The Balaban J connectivity index is 1.72. The molecule has 0 atom stereocenters. The summed E-state index contributed by atoms with van der Waals surface area (Å²) in [6.45, 7) is 0.639. The van der Waals surface area contributed by atoms with Crippen LogP contribution in [-0.2, 0) is 10.0 Å². The molecule has 0 unspecified atom stereocenters. The molecule has 27 heavy (non-hydrogen) atoms. The quantitative estimate of drug-likeness (QED) is 0.710. The molecule has 6 nitrogen and oxygen atoms in total. The summed E-state index contributed by atoms with van der Waals surface area (Å²) in [6.07, 6.45) is 1.03. The van der Waals surface area contributed by atoms with E-state index in [0.29, 0.717) is 43.0 Å². The highest BCUT2D eigenvalue weighted by atomic mass is 32.2. The molecule has 1 saturated heterocycles.